The summed E-state index contributed by atoms with van der Waals surface area (Å²) in [4.78, 5) is 15.6. The molecule has 1 N–H and O–H groups in total. The van der Waals surface area contributed by atoms with Crippen LogP contribution in [-0.4, -0.2) is 60.4 Å². The number of hydrogen-bond acceptors (Lipinski definition) is 6. The van der Waals surface area contributed by atoms with Gasteiger partial charge in [-0.15, -0.1) is 0 Å². The Bertz CT molecular complexity index is 932. The second kappa shape index (κ2) is 7.03. The van der Waals surface area contributed by atoms with E-state index in [0.717, 1.165) is 46.5 Å². The second-order valence-electron chi connectivity index (χ2n) is 6.44. The number of hydrogen-bond donors (Lipinski definition) is 1. The van der Waals surface area contributed by atoms with Crippen molar-refractivity contribution in [1.29, 1.82) is 0 Å². The Morgan fingerprint density at radius 2 is 1.77 bits per heavy atom. The van der Waals surface area contributed by atoms with Crippen molar-refractivity contribution >= 4 is 60.1 Å². The van der Waals surface area contributed by atoms with Crippen molar-refractivity contribution in [1.82, 2.24) is 20.2 Å². The van der Waals surface area contributed by atoms with Crippen LogP contribution in [0.2, 0.25) is 0 Å². The molecule has 136 valence electrons. The van der Waals surface area contributed by atoms with E-state index in [4.69, 9.17) is 0 Å². The Kier molecular flexibility index (Phi) is 4.74. The first kappa shape index (κ1) is 17.5. The molecular weight excluding hydrogens is 462 g/mol. The van der Waals surface area contributed by atoms with E-state index in [1.807, 2.05) is 0 Å². The summed E-state index contributed by atoms with van der Waals surface area (Å²) in [6.07, 6.45) is 1.58. The molecule has 2 aromatic heterocycles. The van der Waals surface area contributed by atoms with Crippen LogP contribution in [0.25, 0.3) is 11.0 Å². The highest BCUT2D eigenvalue weighted by atomic mass is 79.9. The van der Waals surface area contributed by atoms with E-state index in [1.165, 1.54) is 11.4 Å². The Labute approximate surface area is 168 Å². The lowest BCUT2D eigenvalue weighted by Crippen LogP contribution is -2.47. The number of halogens is 2. The number of aromatic amines is 1. The van der Waals surface area contributed by atoms with E-state index in [2.05, 4.69) is 99.0 Å². The number of H-pyrrole nitrogens is 1. The van der Waals surface area contributed by atoms with Crippen LogP contribution >= 0.6 is 31.9 Å². The molecule has 1 aliphatic rings. The molecule has 4 rings (SSSR count). The summed E-state index contributed by atoms with van der Waals surface area (Å²) in [6, 6.07) is 6.45. The molecule has 0 saturated carbocycles. The molecule has 0 aliphatic carbocycles. The first-order chi connectivity index (χ1) is 12.5. The number of benzene rings is 1. The summed E-state index contributed by atoms with van der Waals surface area (Å²) < 4.78 is 1.92. The summed E-state index contributed by atoms with van der Waals surface area (Å²) >= 11 is 7.09. The summed E-state index contributed by atoms with van der Waals surface area (Å²) in [5.41, 5.74) is 3.16. The van der Waals surface area contributed by atoms with E-state index >= 15 is 0 Å². The third-order valence-electron chi connectivity index (χ3n) is 4.63. The minimum atomic E-state index is 0.687. The smallest absolute Gasteiger partial charge is 0.187 e. The normalized spacial score (nSPS) is 14.9. The average molecular weight is 481 g/mol. The van der Waals surface area contributed by atoms with Crippen LogP contribution in [0.15, 0.2) is 33.6 Å². The molecule has 0 amide bonds. The average Bonchev–Trinajstić information content (AvgIpc) is 3.03. The number of anilines is 3. The maximum Gasteiger partial charge on any atom is 0.187 e. The molecule has 0 spiro atoms. The summed E-state index contributed by atoms with van der Waals surface area (Å²) in [5, 5.41) is 8.08. The van der Waals surface area contributed by atoms with Crippen LogP contribution in [0.1, 0.15) is 0 Å². The fourth-order valence-corrected chi connectivity index (χ4v) is 4.12. The maximum atomic E-state index is 4.51. The zero-order valence-corrected chi connectivity index (χ0v) is 17.7. The van der Waals surface area contributed by atoms with Gasteiger partial charge in [0.05, 0.1) is 16.8 Å². The van der Waals surface area contributed by atoms with Gasteiger partial charge in [0.1, 0.15) is 16.7 Å². The highest BCUT2D eigenvalue weighted by Crippen LogP contribution is 2.33. The maximum absolute atomic E-state index is 4.51. The molecule has 0 bridgehead atoms. The van der Waals surface area contributed by atoms with Gasteiger partial charge in [0.25, 0.3) is 0 Å². The van der Waals surface area contributed by atoms with E-state index in [9.17, 15) is 0 Å². The predicted molar refractivity (Wildman–Crippen MR) is 112 cm³/mol. The largest absolute Gasteiger partial charge is 0.376 e. The van der Waals surface area contributed by atoms with Gasteiger partial charge in [0.15, 0.2) is 5.65 Å². The number of nitrogens with zero attached hydrogens (tertiary/aromatic N) is 6. The van der Waals surface area contributed by atoms with Crippen LogP contribution in [-0.2, 0) is 0 Å². The zero-order valence-electron chi connectivity index (χ0n) is 14.6. The molecule has 0 atom stereocenters. The van der Waals surface area contributed by atoms with Crippen LogP contribution in [0.5, 0.6) is 0 Å². The molecule has 9 heteroatoms. The summed E-state index contributed by atoms with van der Waals surface area (Å²) in [5.74, 6) is 0.930. The van der Waals surface area contributed by atoms with Gasteiger partial charge in [-0.2, -0.15) is 5.10 Å². The number of nitrogens with one attached hydrogen (secondary N) is 1. The van der Waals surface area contributed by atoms with Gasteiger partial charge < -0.3 is 14.7 Å². The Morgan fingerprint density at radius 1 is 1.04 bits per heavy atom. The highest BCUT2D eigenvalue weighted by molar-refractivity contribution is 9.10. The quantitative estimate of drug-likeness (QED) is 0.620. The SMILES string of the molecule is CN(C)c1cc(Br)ccc1N1CCN(c2ncnc3n[nH]c(Br)c23)CC1. The topological polar surface area (TPSA) is 64.2 Å². The van der Waals surface area contributed by atoms with Crippen molar-refractivity contribution in [2.45, 2.75) is 0 Å². The Hall–Kier alpha value is -1.87. The third kappa shape index (κ3) is 3.14. The minimum absolute atomic E-state index is 0.687. The molecule has 26 heavy (non-hydrogen) atoms. The molecule has 0 radical (unpaired) electrons. The van der Waals surface area contributed by atoms with Crippen LogP contribution in [0, 0.1) is 0 Å². The van der Waals surface area contributed by atoms with Crippen molar-refractivity contribution in [2.24, 2.45) is 0 Å². The van der Waals surface area contributed by atoms with Crippen LogP contribution in [0.4, 0.5) is 17.2 Å². The van der Waals surface area contributed by atoms with Gasteiger partial charge in [-0.05, 0) is 34.1 Å². The number of aromatic nitrogens is 4. The second-order valence-corrected chi connectivity index (χ2v) is 8.14. The van der Waals surface area contributed by atoms with E-state index < -0.39 is 0 Å². The molecule has 1 aromatic carbocycles. The molecule has 0 unspecified atom stereocenters. The number of rotatable bonds is 3. The van der Waals surface area contributed by atoms with Gasteiger partial charge >= 0.3 is 0 Å². The van der Waals surface area contributed by atoms with Crippen molar-refractivity contribution in [3.63, 3.8) is 0 Å². The van der Waals surface area contributed by atoms with Crippen molar-refractivity contribution in [3.8, 4) is 0 Å². The van der Waals surface area contributed by atoms with E-state index in [-0.39, 0.29) is 0 Å². The minimum Gasteiger partial charge on any atom is -0.376 e. The van der Waals surface area contributed by atoms with Crippen LogP contribution < -0.4 is 14.7 Å². The monoisotopic (exact) mass is 479 g/mol. The van der Waals surface area contributed by atoms with E-state index in [1.54, 1.807) is 6.33 Å². The number of piperazine rings is 1. The summed E-state index contributed by atoms with van der Waals surface area (Å²) in [7, 11) is 4.16. The summed E-state index contributed by atoms with van der Waals surface area (Å²) in [6.45, 7) is 3.66. The van der Waals surface area contributed by atoms with Gasteiger partial charge in [0.2, 0.25) is 0 Å². The van der Waals surface area contributed by atoms with Gasteiger partial charge in [-0.25, -0.2) is 9.97 Å². The fraction of sp³-hybridized carbons (Fsp3) is 0.353. The lowest BCUT2D eigenvalue weighted by molar-refractivity contribution is 0.648. The highest BCUT2D eigenvalue weighted by Gasteiger charge is 2.23. The molecule has 3 aromatic rings. The molecule has 1 fully saturated rings. The van der Waals surface area contributed by atoms with E-state index in [0.29, 0.717) is 5.65 Å². The Balaban J connectivity index is 1.57. The van der Waals surface area contributed by atoms with Crippen molar-refractivity contribution in [3.05, 3.63) is 33.6 Å². The molecule has 1 aliphatic heterocycles. The lowest BCUT2D eigenvalue weighted by atomic mass is 10.2. The first-order valence-electron chi connectivity index (χ1n) is 8.36. The Morgan fingerprint density at radius 3 is 2.50 bits per heavy atom. The molecular formula is C17H19Br2N7. The van der Waals surface area contributed by atoms with Gasteiger partial charge in [-0.1, -0.05) is 15.9 Å². The molecule has 3 heterocycles. The zero-order chi connectivity index (χ0) is 18.3. The lowest BCUT2D eigenvalue weighted by Gasteiger charge is -2.38. The standard InChI is InChI=1S/C17H19Br2N7/c1-24(2)13-9-11(18)3-4-12(13)25-5-7-26(8-6-25)17-14-15(19)22-23-16(14)20-10-21-17/h3-4,9-10H,5-8H2,1-2H3,(H,20,21,22,23). The van der Waals surface area contributed by atoms with Gasteiger partial charge in [-0.3, -0.25) is 5.10 Å². The van der Waals surface area contributed by atoms with Crippen molar-refractivity contribution in [2.75, 3.05) is 55.0 Å². The van der Waals surface area contributed by atoms with Crippen molar-refractivity contribution < 1.29 is 0 Å². The fourth-order valence-electron chi connectivity index (χ4n) is 3.33. The predicted octanol–water partition coefficient (Wildman–Crippen LogP) is 3.27. The molecule has 7 nitrogen and oxygen atoms in total. The first-order valence-corrected chi connectivity index (χ1v) is 9.94. The van der Waals surface area contributed by atoms with Crippen LogP contribution in [0.3, 0.4) is 0 Å². The molecule has 1 saturated heterocycles. The number of fused-ring (bicyclic) bond motifs is 1. The van der Waals surface area contributed by atoms with Gasteiger partial charge in [0, 0.05) is 44.7 Å². The third-order valence-corrected chi connectivity index (χ3v) is 5.69.